The van der Waals surface area contributed by atoms with Crippen molar-refractivity contribution in [3.05, 3.63) is 94.8 Å². The van der Waals surface area contributed by atoms with Crippen LogP contribution in [0, 0.1) is 5.82 Å². The summed E-state index contributed by atoms with van der Waals surface area (Å²) in [5.41, 5.74) is 0.201. The van der Waals surface area contributed by atoms with Crippen LogP contribution in [0.3, 0.4) is 0 Å². The number of nitrogens with zero attached hydrogens (tertiary/aromatic N) is 1. The molecule has 10 heteroatoms. The topological polar surface area (TPSA) is 65.1 Å². The fourth-order valence-corrected chi connectivity index (χ4v) is 3.84. The lowest BCUT2D eigenvalue weighted by Crippen LogP contribution is -2.35. The highest BCUT2D eigenvalue weighted by Crippen LogP contribution is 2.30. The molecular weight excluding hydrogens is 530 g/mol. The van der Waals surface area contributed by atoms with E-state index in [1.165, 1.54) is 12.0 Å². The summed E-state index contributed by atoms with van der Waals surface area (Å²) in [6.45, 7) is 2.10. The van der Waals surface area contributed by atoms with Crippen molar-refractivity contribution in [2.45, 2.75) is 38.9 Å². The van der Waals surface area contributed by atoms with Gasteiger partial charge < -0.3 is 19.1 Å². The fourth-order valence-electron chi connectivity index (χ4n) is 3.84. The summed E-state index contributed by atoms with van der Waals surface area (Å²) in [5, 5.41) is 0. The number of ether oxygens (including phenoxy) is 3. The summed E-state index contributed by atoms with van der Waals surface area (Å²) >= 11 is 0. The van der Waals surface area contributed by atoms with Gasteiger partial charge in [0.2, 0.25) is 0 Å². The van der Waals surface area contributed by atoms with Gasteiger partial charge in [-0.25, -0.2) is 9.18 Å². The van der Waals surface area contributed by atoms with Crippen LogP contribution in [0.2, 0.25) is 0 Å². The molecule has 3 aromatic carbocycles. The third kappa shape index (κ3) is 8.72. The van der Waals surface area contributed by atoms with Crippen molar-refractivity contribution in [1.82, 2.24) is 4.90 Å². The molecule has 0 aliphatic carbocycles. The number of rotatable bonds is 13. The van der Waals surface area contributed by atoms with Crippen molar-refractivity contribution >= 4 is 11.9 Å². The molecule has 0 saturated heterocycles. The van der Waals surface area contributed by atoms with E-state index in [0.717, 1.165) is 24.1 Å². The lowest BCUT2D eigenvalue weighted by Gasteiger charge is -2.23. The summed E-state index contributed by atoms with van der Waals surface area (Å²) in [7, 11) is 1.30. The van der Waals surface area contributed by atoms with E-state index in [1.807, 2.05) is 19.1 Å². The predicted molar refractivity (Wildman–Crippen MR) is 141 cm³/mol. The van der Waals surface area contributed by atoms with Crippen molar-refractivity contribution in [3.63, 3.8) is 0 Å². The molecule has 0 bridgehead atoms. The molecule has 0 fully saturated rings. The maximum atomic E-state index is 14.4. The number of amides is 1. The first-order valence-corrected chi connectivity index (χ1v) is 12.8. The second-order valence-corrected chi connectivity index (χ2v) is 8.99. The molecule has 0 unspecified atom stereocenters. The number of carbonyl (C=O) groups excluding carboxylic acids is 2. The summed E-state index contributed by atoms with van der Waals surface area (Å²) in [4.78, 5) is 26.1. The third-order valence-corrected chi connectivity index (χ3v) is 6.10. The largest absolute Gasteiger partial charge is 0.492 e. The minimum Gasteiger partial charge on any atom is -0.492 e. The zero-order chi connectivity index (χ0) is 29.1. The van der Waals surface area contributed by atoms with E-state index >= 15 is 0 Å². The molecule has 6 nitrogen and oxygen atoms in total. The maximum absolute atomic E-state index is 14.4. The van der Waals surface area contributed by atoms with Gasteiger partial charge in [0.1, 0.15) is 22.9 Å². The zero-order valence-corrected chi connectivity index (χ0v) is 22.3. The molecule has 0 saturated carbocycles. The van der Waals surface area contributed by atoms with Crippen LogP contribution >= 0.6 is 0 Å². The lowest BCUT2D eigenvalue weighted by molar-refractivity contribution is -0.138. The van der Waals surface area contributed by atoms with Crippen molar-refractivity contribution in [3.8, 4) is 11.5 Å². The number of hydrogen-bond donors (Lipinski definition) is 0. The lowest BCUT2D eigenvalue weighted by atomic mass is 10.1. The van der Waals surface area contributed by atoms with Crippen molar-refractivity contribution in [2.24, 2.45) is 0 Å². The number of alkyl halides is 3. The number of esters is 1. The maximum Gasteiger partial charge on any atom is 0.416 e. The van der Waals surface area contributed by atoms with E-state index < -0.39 is 29.4 Å². The molecule has 0 aliphatic rings. The van der Waals surface area contributed by atoms with Gasteiger partial charge in [0.25, 0.3) is 5.91 Å². The Bertz CT molecular complexity index is 1280. The van der Waals surface area contributed by atoms with Gasteiger partial charge in [0.15, 0.2) is 6.61 Å². The molecule has 0 N–H and O–H groups in total. The van der Waals surface area contributed by atoms with Crippen LogP contribution in [0.25, 0.3) is 0 Å². The van der Waals surface area contributed by atoms with Gasteiger partial charge in [-0.05, 0) is 48.4 Å². The van der Waals surface area contributed by atoms with Crippen LogP contribution < -0.4 is 9.47 Å². The standard InChI is InChI=1S/C30H31F4NO5/c1-3-4-16-35(19-22-11-12-23(18-26(22)31)30(32,33)34)28(36)20-40-24-13-9-21(10-14-24)15-17-39-27-8-6-5-7-25(27)29(37)38-2/h5-14,18H,3-4,15-17,19-20H2,1-2H3. The Labute approximate surface area is 230 Å². The average Bonchev–Trinajstić information content (AvgIpc) is 2.94. The van der Waals surface area contributed by atoms with E-state index in [2.05, 4.69) is 0 Å². The van der Waals surface area contributed by atoms with E-state index in [9.17, 15) is 27.2 Å². The van der Waals surface area contributed by atoms with Crippen LogP contribution in [-0.4, -0.2) is 43.6 Å². The Hall–Kier alpha value is -4.08. The number of benzene rings is 3. The molecule has 0 spiro atoms. The quantitative estimate of drug-likeness (QED) is 0.177. The molecule has 40 heavy (non-hydrogen) atoms. The van der Waals surface area contributed by atoms with Crippen molar-refractivity contribution < 1.29 is 41.4 Å². The van der Waals surface area contributed by atoms with Gasteiger partial charge in [-0.2, -0.15) is 13.2 Å². The monoisotopic (exact) mass is 561 g/mol. The summed E-state index contributed by atoms with van der Waals surface area (Å²) in [5.74, 6) is -1.03. The summed E-state index contributed by atoms with van der Waals surface area (Å²) in [6, 6.07) is 16.2. The summed E-state index contributed by atoms with van der Waals surface area (Å²) in [6.07, 6.45) is -2.67. The smallest absolute Gasteiger partial charge is 0.416 e. The SMILES string of the molecule is CCCCN(Cc1ccc(C(F)(F)F)cc1F)C(=O)COc1ccc(CCOc2ccccc2C(=O)OC)cc1. The predicted octanol–water partition coefficient (Wildman–Crippen LogP) is 6.46. The van der Waals surface area contributed by atoms with Gasteiger partial charge in [0, 0.05) is 25.1 Å². The van der Waals surface area contributed by atoms with Crippen LogP contribution in [0.5, 0.6) is 11.5 Å². The Morgan fingerprint density at radius 3 is 2.33 bits per heavy atom. The first-order chi connectivity index (χ1) is 19.1. The van der Waals surface area contributed by atoms with Crippen molar-refractivity contribution in [2.75, 3.05) is 26.9 Å². The second kappa shape index (κ2) is 14.3. The van der Waals surface area contributed by atoms with Crippen LogP contribution in [0.4, 0.5) is 17.6 Å². The molecule has 0 aliphatic heterocycles. The average molecular weight is 562 g/mol. The van der Waals surface area contributed by atoms with Crippen molar-refractivity contribution in [1.29, 1.82) is 0 Å². The highest BCUT2D eigenvalue weighted by molar-refractivity contribution is 5.92. The molecule has 214 valence electrons. The normalized spacial score (nSPS) is 11.2. The number of carbonyl (C=O) groups is 2. The second-order valence-electron chi connectivity index (χ2n) is 8.99. The fraction of sp³-hybridized carbons (Fsp3) is 0.333. The van der Waals surface area contributed by atoms with E-state index in [0.29, 0.717) is 49.1 Å². The Kier molecular flexibility index (Phi) is 10.9. The number of methoxy groups -OCH3 is 1. The first-order valence-electron chi connectivity index (χ1n) is 12.8. The molecule has 3 aromatic rings. The number of para-hydroxylation sites is 1. The van der Waals surface area contributed by atoms with E-state index in [-0.39, 0.29) is 18.7 Å². The van der Waals surface area contributed by atoms with Gasteiger partial charge in [0.05, 0.1) is 19.3 Å². The van der Waals surface area contributed by atoms with Gasteiger partial charge in [-0.3, -0.25) is 4.79 Å². The number of hydrogen-bond acceptors (Lipinski definition) is 5. The van der Waals surface area contributed by atoms with Gasteiger partial charge >= 0.3 is 12.1 Å². The highest BCUT2D eigenvalue weighted by atomic mass is 19.4. The number of halogens is 4. The van der Waals surface area contributed by atoms with E-state index in [1.54, 1.807) is 36.4 Å². The van der Waals surface area contributed by atoms with Gasteiger partial charge in [-0.15, -0.1) is 0 Å². The number of unbranched alkanes of at least 4 members (excludes halogenated alkanes) is 1. The van der Waals surface area contributed by atoms with E-state index in [4.69, 9.17) is 14.2 Å². The summed E-state index contributed by atoms with van der Waals surface area (Å²) < 4.78 is 69.1. The molecule has 0 atom stereocenters. The van der Waals surface area contributed by atoms with Gasteiger partial charge in [-0.1, -0.05) is 43.7 Å². The minimum atomic E-state index is -4.65. The molecule has 1 amide bonds. The van der Waals surface area contributed by atoms with Crippen LogP contribution in [0.1, 0.15) is 46.8 Å². The molecule has 3 rings (SSSR count). The molecule has 0 heterocycles. The highest BCUT2D eigenvalue weighted by Gasteiger charge is 2.31. The first kappa shape index (κ1) is 30.5. The molecule has 0 radical (unpaired) electrons. The van der Waals surface area contributed by atoms with Crippen LogP contribution in [0.15, 0.2) is 66.7 Å². The van der Waals surface area contributed by atoms with Crippen LogP contribution in [-0.2, 0) is 28.7 Å². The Morgan fingerprint density at radius 1 is 0.950 bits per heavy atom. The third-order valence-electron chi connectivity index (χ3n) is 6.10. The molecular formula is C30H31F4NO5. The zero-order valence-electron chi connectivity index (χ0n) is 22.3. The molecule has 0 aromatic heterocycles. The Morgan fingerprint density at radius 2 is 1.68 bits per heavy atom. The Balaban J connectivity index is 1.54. The minimum absolute atomic E-state index is 0.00163.